The molecule has 7 aromatic rings. The number of aromatic nitrogens is 4. The summed E-state index contributed by atoms with van der Waals surface area (Å²) < 4.78 is 2.34. The van der Waals surface area contributed by atoms with Crippen molar-refractivity contribution in [3.8, 4) is 56.5 Å². The molecular formula is C53H60N4O. The van der Waals surface area contributed by atoms with Gasteiger partial charge in [0, 0.05) is 28.5 Å². The fourth-order valence-electron chi connectivity index (χ4n) is 7.86. The first-order chi connectivity index (χ1) is 27.2. The number of rotatable bonds is 7. The molecule has 298 valence electrons. The van der Waals surface area contributed by atoms with Crippen molar-refractivity contribution in [2.75, 3.05) is 0 Å². The van der Waals surface area contributed by atoms with Crippen molar-refractivity contribution < 1.29 is 5.11 Å². The smallest absolute Gasteiger partial charge is 0.145 e. The molecule has 0 radical (unpaired) electrons. The number of hydrogen-bond acceptors (Lipinski definition) is 4. The highest BCUT2D eigenvalue weighted by Crippen LogP contribution is 2.44. The Kier molecular flexibility index (Phi) is 10.5. The summed E-state index contributed by atoms with van der Waals surface area (Å²) in [5, 5.41) is 12.0. The van der Waals surface area contributed by atoms with Crippen LogP contribution in [0, 0.1) is 0 Å². The molecule has 3 aromatic heterocycles. The molecule has 4 aromatic carbocycles. The van der Waals surface area contributed by atoms with Crippen LogP contribution < -0.4 is 0 Å². The molecule has 0 atom stereocenters. The van der Waals surface area contributed by atoms with E-state index in [-0.39, 0.29) is 28.1 Å². The van der Waals surface area contributed by atoms with Gasteiger partial charge >= 0.3 is 0 Å². The van der Waals surface area contributed by atoms with Crippen molar-refractivity contribution in [2.24, 2.45) is 0 Å². The number of nitrogens with zero attached hydrogens (tertiary/aromatic N) is 4. The third-order valence-electron chi connectivity index (χ3n) is 11.4. The quantitative estimate of drug-likeness (QED) is 0.175. The Morgan fingerprint density at radius 2 is 1.14 bits per heavy atom. The van der Waals surface area contributed by atoms with E-state index in [1.54, 1.807) is 0 Å². The van der Waals surface area contributed by atoms with E-state index in [1.807, 2.05) is 18.5 Å². The first-order valence-corrected chi connectivity index (χ1v) is 20.8. The molecule has 3 heterocycles. The second-order valence-electron chi connectivity index (χ2n) is 19.7. The van der Waals surface area contributed by atoms with E-state index in [9.17, 15) is 5.11 Å². The van der Waals surface area contributed by atoms with Crippen molar-refractivity contribution in [3.05, 3.63) is 137 Å². The largest absolute Gasteiger partial charge is 0.507 e. The molecule has 0 saturated heterocycles. The number of aromatic hydroxyl groups is 1. The number of phenolic OH excluding ortho intramolecular Hbond substituents is 1. The Bertz CT molecular complexity index is 2600. The molecule has 0 aliphatic heterocycles. The fourth-order valence-corrected chi connectivity index (χ4v) is 7.86. The highest BCUT2D eigenvalue weighted by atomic mass is 16.3. The monoisotopic (exact) mass is 768 g/mol. The van der Waals surface area contributed by atoms with Crippen LogP contribution in [-0.2, 0) is 16.2 Å². The molecule has 0 unspecified atom stereocenters. The Balaban J connectivity index is 1.47. The lowest BCUT2D eigenvalue weighted by Gasteiger charge is -2.28. The SMILES string of the molecule is CC(C)c1cc(-c2ccccc2)cc(C(C)C)c1-n1c(-c2cccc(-c3cc(C(C)(C)C)cc(-c4cc(C(C)(C)C)cc(C(C)(C)C)c4O)n3)c2)nc2ccncc21. The predicted octanol–water partition coefficient (Wildman–Crippen LogP) is 14.3. The van der Waals surface area contributed by atoms with E-state index in [2.05, 4.69) is 191 Å². The molecule has 0 spiro atoms. The van der Waals surface area contributed by atoms with Crippen LogP contribution in [0.5, 0.6) is 5.75 Å². The summed E-state index contributed by atoms with van der Waals surface area (Å²) in [6, 6.07) is 34.7. The first kappa shape index (κ1) is 40.6. The zero-order chi connectivity index (χ0) is 41.9. The predicted molar refractivity (Wildman–Crippen MR) is 244 cm³/mol. The van der Waals surface area contributed by atoms with Gasteiger partial charge in [0.1, 0.15) is 11.6 Å². The average Bonchev–Trinajstić information content (AvgIpc) is 3.56. The molecular weight excluding hydrogens is 709 g/mol. The summed E-state index contributed by atoms with van der Waals surface area (Å²) in [5.41, 5.74) is 15.0. The molecule has 58 heavy (non-hydrogen) atoms. The van der Waals surface area contributed by atoms with Crippen LogP contribution in [0.1, 0.15) is 130 Å². The molecule has 1 N–H and O–H groups in total. The third-order valence-corrected chi connectivity index (χ3v) is 11.4. The van der Waals surface area contributed by atoms with Gasteiger partial charge in [-0.3, -0.25) is 9.55 Å². The number of benzene rings is 4. The maximum Gasteiger partial charge on any atom is 0.145 e. The van der Waals surface area contributed by atoms with Crippen molar-refractivity contribution in [1.82, 2.24) is 19.5 Å². The van der Waals surface area contributed by atoms with E-state index in [0.717, 1.165) is 56.1 Å². The van der Waals surface area contributed by atoms with Gasteiger partial charge in [0.25, 0.3) is 0 Å². The van der Waals surface area contributed by atoms with Crippen LogP contribution in [0.25, 0.3) is 61.8 Å². The second kappa shape index (κ2) is 15.0. The molecule has 0 fully saturated rings. The second-order valence-corrected chi connectivity index (χ2v) is 19.7. The lowest BCUT2D eigenvalue weighted by atomic mass is 9.78. The fraction of sp³-hybridized carbons (Fsp3) is 0.340. The van der Waals surface area contributed by atoms with Crippen LogP contribution in [0.2, 0.25) is 0 Å². The van der Waals surface area contributed by atoms with Gasteiger partial charge in [0.2, 0.25) is 0 Å². The summed E-state index contributed by atoms with van der Waals surface area (Å²) in [7, 11) is 0. The van der Waals surface area contributed by atoms with Gasteiger partial charge < -0.3 is 5.11 Å². The van der Waals surface area contributed by atoms with Gasteiger partial charge in [-0.05, 0) is 104 Å². The summed E-state index contributed by atoms with van der Waals surface area (Å²) >= 11 is 0. The van der Waals surface area contributed by atoms with Gasteiger partial charge in [-0.1, -0.05) is 145 Å². The molecule has 7 rings (SSSR count). The lowest BCUT2D eigenvalue weighted by molar-refractivity contribution is 0.446. The van der Waals surface area contributed by atoms with Crippen molar-refractivity contribution in [2.45, 2.75) is 118 Å². The van der Waals surface area contributed by atoms with E-state index < -0.39 is 0 Å². The molecule has 0 aliphatic rings. The standard InChI is InChI=1S/C53H60N4O/c1-32(2)40-25-37(34-18-15-14-16-19-34)26-41(33(3)4)48(40)57-47-31-54-23-22-44(47)56-50(57)36-21-17-20-35(24-36)45-29-39(52(8,9)10)30-46(55-45)42-27-38(51(5,6)7)28-43(49(42)58)53(11,12)13/h14-33,58H,1-13H3. The highest BCUT2D eigenvalue weighted by Gasteiger charge is 2.28. The van der Waals surface area contributed by atoms with E-state index in [1.165, 1.54) is 33.5 Å². The van der Waals surface area contributed by atoms with Crippen LogP contribution in [0.15, 0.2) is 109 Å². The highest BCUT2D eigenvalue weighted by molar-refractivity contribution is 5.85. The van der Waals surface area contributed by atoms with Crippen molar-refractivity contribution >= 4 is 11.0 Å². The van der Waals surface area contributed by atoms with E-state index in [0.29, 0.717) is 5.75 Å². The van der Waals surface area contributed by atoms with Crippen LogP contribution >= 0.6 is 0 Å². The van der Waals surface area contributed by atoms with Crippen molar-refractivity contribution in [3.63, 3.8) is 0 Å². The molecule has 5 heteroatoms. The number of fused-ring (bicyclic) bond motifs is 1. The lowest BCUT2D eigenvalue weighted by Crippen LogP contribution is -2.17. The van der Waals surface area contributed by atoms with Crippen molar-refractivity contribution in [1.29, 1.82) is 0 Å². The van der Waals surface area contributed by atoms with Gasteiger partial charge in [-0.25, -0.2) is 9.97 Å². The molecule has 0 amide bonds. The van der Waals surface area contributed by atoms with E-state index in [4.69, 9.17) is 9.97 Å². The Labute approximate surface area is 346 Å². The van der Waals surface area contributed by atoms with E-state index >= 15 is 0 Å². The minimum Gasteiger partial charge on any atom is -0.507 e. The maximum atomic E-state index is 12.0. The maximum absolute atomic E-state index is 12.0. The third kappa shape index (κ3) is 7.84. The molecule has 0 aliphatic carbocycles. The zero-order valence-electron chi connectivity index (χ0n) is 36.8. The number of pyridine rings is 2. The number of hydrogen-bond donors (Lipinski definition) is 1. The number of imidazole rings is 1. The summed E-state index contributed by atoms with van der Waals surface area (Å²) in [6.07, 6.45) is 3.77. The minimum atomic E-state index is -0.257. The topological polar surface area (TPSA) is 63.8 Å². The normalized spacial score (nSPS) is 12.6. The van der Waals surface area contributed by atoms with Crippen LogP contribution in [-0.4, -0.2) is 24.6 Å². The van der Waals surface area contributed by atoms with Gasteiger partial charge in [0.15, 0.2) is 0 Å². The molecule has 0 saturated carbocycles. The molecule has 5 nitrogen and oxygen atoms in total. The summed E-state index contributed by atoms with van der Waals surface area (Å²) in [4.78, 5) is 15.3. The average molecular weight is 769 g/mol. The Hall–Kier alpha value is -5.55. The van der Waals surface area contributed by atoms with Gasteiger partial charge in [0.05, 0.1) is 34.3 Å². The summed E-state index contributed by atoms with van der Waals surface area (Å²) in [6.45, 7) is 28.9. The first-order valence-electron chi connectivity index (χ1n) is 20.8. The van der Waals surface area contributed by atoms with Gasteiger partial charge in [-0.15, -0.1) is 0 Å². The summed E-state index contributed by atoms with van der Waals surface area (Å²) in [5.74, 6) is 1.65. The van der Waals surface area contributed by atoms with Crippen LogP contribution in [0.4, 0.5) is 0 Å². The zero-order valence-corrected chi connectivity index (χ0v) is 36.8. The Morgan fingerprint density at radius 1 is 0.552 bits per heavy atom. The number of phenols is 1. The minimum absolute atomic E-state index is 0.116. The van der Waals surface area contributed by atoms with Gasteiger partial charge in [-0.2, -0.15) is 0 Å². The van der Waals surface area contributed by atoms with Crippen LogP contribution in [0.3, 0.4) is 0 Å². The molecule has 0 bridgehead atoms. The Morgan fingerprint density at radius 3 is 1.74 bits per heavy atom.